The number of halogens is 2. The number of hydrogen-bond donors (Lipinski definition) is 1. The summed E-state index contributed by atoms with van der Waals surface area (Å²) in [6, 6.07) is 22.8. The molecule has 1 aliphatic heterocycles. The Hall–Kier alpha value is -3.33. The van der Waals surface area contributed by atoms with Gasteiger partial charge in [-0.15, -0.1) is 0 Å². The first kappa shape index (κ1) is 25.3. The molecule has 1 N–H and O–H groups in total. The van der Waals surface area contributed by atoms with Crippen molar-refractivity contribution in [2.45, 2.75) is 13.5 Å². The van der Waals surface area contributed by atoms with E-state index in [1.165, 1.54) is 0 Å². The van der Waals surface area contributed by atoms with Crippen LogP contribution in [0.1, 0.15) is 16.8 Å². The highest BCUT2D eigenvalue weighted by molar-refractivity contribution is 9.10. The zero-order chi connectivity index (χ0) is 26.1. The van der Waals surface area contributed by atoms with Gasteiger partial charge in [0, 0.05) is 38.2 Å². The lowest BCUT2D eigenvalue weighted by atomic mass is 10.1. The topological polar surface area (TPSA) is 71.4 Å². The largest absolute Gasteiger partial charge is 0.340 e. The monoisotopic (exact) mass is 593 g/mol. The van der Waals surface area contributed by atoms with E-state index in [2.05, 4.69) is 25.8 Å². The predicted octanol–water partition coefficient (Wildman–Crippen LogP) is 7.09. The number of fused-ring (bicyclic) bond motifs is 1. The molecular weight excluding hydrogens is 574 g/mol. The highest BCUT2D eigenvalue weighted by Gasteiger charge is 2.36. The van der Waals surface area contributed by atoms with E-state index in [-0.39, 0.29) is 11.4 Å². The average molecular weight is 595 g/mol. The fraction of sp³-hybridized carbons (Fsp3) is 0.107. The maximum atomic E-state index is 13.2. The van der Waals surface area contributed by atoms with E-state index in [4.69, 9.17) is 11.6 Å². The van der Waals surface area contributed by atoms with Gasteiger partial charge in [0.1, 0.15) is 6.54 Å². The summed E-state index contributed by atoms with van der Waals surface area (Å²) in [6.45, 7) is 2.19. The van der Waals surface area contributed by atoms with Crippen molar-refractivity contribution in [1.29, 1.82) is 0 Å². The van der Waals surface area contributed by atoms with Gasteiger partial charge in [-0.05, 0) is 70.5 Å². The standard InChI is InChI=1S/C28H21BrClN3O3S/c1-17-20(19-9-3-7-13-24(19)32(17)15-18-8-2-5-11-22(18)30)14-25-27(35)33(28(36)37-25)16-26(34)31-23-12-6-4-10-21(23)29/h2-14H,15-16H2,1H3,(H,31,34)/b25-14-. The third-order valence-electron chi connectivity index (χ3n) is 6.16. The number of benzene rings is 3. The van der Waals surface area contributed by atoms with Crippen LogP contribution in [0, 0.1) is 6.92 Å². The minimum atomic E-state index is -0.486. The Balaban J connectivity index is 1.43. The number of amides is 3. The molecule has 6 nitrogen and oxygen atoms in total. The molecule has 186 valence electrons. The number of nitrogens with zero attached hydrogens (tertiary/aromatic N) is 2. The Morgan fingerprint density at radius 1 is 1.03 bits per heavy atom. The first-order chi connectivity index (χ1) is 17.8. The van der Waals surface area contributed by atoms with Gasteiger partial charge in [0.2, 0.25) is 5.91 Å². The zero-order valence-electron chi connectivity index (χ0n) is 19.7. The van der Waals surface area contributed by atoms with Gasteiger partial charge in [0.05, 0.1) is 10.6 Å². The van der Waals surface area contributed by atoms with Crippen molar-refractivity contribution in [1.82, 2.24) is 9.47 Å². The van der Waals surface area contributed by atoms with Gasteiger partial charge >= 0.3 is 0 Å². The maximum Gasteiger partial charge on any atom is 0.294 e. The van der Waals surface area contributed by atoms with E-state index in [0.29, 0.717) is 21.7 Å². The summed E-state index contributed by atoms with van der Waals surface area (Å²) in [5, 5.41) is 3.90. The van der Waals surface area contributed by atoms with Gasteiger partial charge in [-0.3, -0.25) is 19.3 Å². The van der Waals surface area contributed by atoms with Crippen molar-refractivity contribution >= 4 is 79.0 Å². The molecule has 1 fully saturated rings. The van der Waals surface area contributed by atoms with Crippen molar-refractivity contribution in [3.05, 3.63) is 104 Å². The summed E-state index contributed by atoms with van der Waals surface area (Å²) in [6.07, 6.45) is 1.75. The molecular formula is C28H21BrClN3O3S. The van der Waals surface area contributed by atoms with E-state index in [1.807, 2.05) is 61.5 Å². The van der Waals surface area contributed by atoms with Crippen LogP contribution in [0.3, 0.4) is 0 Å². The molecule has 0 atom stereocenters. The first-order valence-electron chi connectivity index (χ1n) is 11.4. The van der Waals surface area contributed by atoms with Crippen molar-refractivity contribution in [2.24, 2.45) is 0 Å². The second-order valence-corrected chi connectivity index (χ2v) is 10.7. The Labute approximate surface area is 231 Å². The fourth-order valence-corrected chi connectivity index (χ4v) is 5.70. The molecule has 2 heterocycles. The number of para-hydroxylation sites is 2. The molecule has 1 saturated heterocycles. The lowest BCUT2D eigenvalue weighted by Gasteiger charge is -2.13. The van der Waals surface area contributed by atoms with Crippen LogP contribution >= 0.6 is 39.3 Å². The van der Waals surface area contributed by atoms with Crippen LogP contribution in [0.25, 0.3) is 17.0 Å². The van der Waals surface area contributed by atoms with Crippen LogP contribution in [0.4, 0.5) is 10.5 Å². The number of nitrogens with one attached hydrogen (secondary N) is 1. The normalized spacial score (nSPS) is 14.7. The quantitative estimate of drug-likeness (QED) is 0.242. The van der Waals surface area contributed by atoms with Crippen LogP contribution in [0.15, 0.2) is 82.2 Å². The number of rotatable bonds is 6. The van der Waals surface area contributed by atoms with Gasteiger partial charge in [-0.2, -0.15) is 0 Å². The highest BCUT2D eigenvalue weighted by atomic mass is 79.9. The summed E-state index contributed by atoms with van der Waals surface area (Å²) in [5.74, 6) is -0.942. The number of hydrogen-bond acceptors (Lipinski definition) is 4. The SMILES string of the molecule is Cc1c(/C=C2\SC(=O)N(CC(=O)Nc3ccccc3Br)C2=O)c2ccccc2n1Cc1ccccc1Cl. The van der Waals surface area contributed by atoms with Crippen LogP contribution in [0.2, 0.25) is 5.02 Å². The van der Waals surface area contributed by atoms with Gasteiger partial charge < -0.3 is 9.88 Å². The second-order valence-electron chi connectivity index (χ2n) is 8.49. The van der Waals surface area contributed by atoms with Gasteiger partial charge in [0.15, 0.2) is 0 Å². The van der Waals surface area contributed by atoms with Crippen molar-refractivity contribution in [2.75, 3.05) is 11.9 Å². The summed E-state index contributed by atoms with van der Waals surface area (Å²) < 4.78 is 2.86. The Bertz CT molecular complexity index is 1600. The molecule has 1 aliphatic rings. The number of thioether (sulfide) groups is 1. The van der Waals surface area contributed by atoms with Crippen LogP contribution < -0.4 is 5.32 Å². The molecule has 0 radical (unpaired) electrons. The van der Waals surface area contributed by atoms with Gasteiger partial charge in [0.25, 0.3) is 11.1 Å². The molecule has 0 spiro atoms. The molecule has 1 aromatic heterocycles. The Kier molecular flexibility index (Phi) is 7.24. The zero-order valence-corrected chi connectivity index (χ0v) is 22.9. The highest BCUT2D eigenvalue weighted by Crippen LogP contribution is 2.36. The van der Waals surface area contributed by atoms with Crippen molar-refractivity contribution < 1.29 is 14.4 Å². The van der Waals surface area contributed by atoms with Crippen molar-refractivity contribution in [3.8, 4) is 0 Å². The maximum absolute atomic E-state index is 13.2. The Morgan fingerprint density at radius 2 is 1.73 bits per heavy atom. The Morgan fingerprint density at radius 3 is 2.51 bits per heavy atom. The molecule has 3 amide bonds. The van der Waals surface area contributed by atoms with Crippen LogP contribution in [-0.4, -0.2) is 33.1 Å². The number of anilines is 1. The average Bonchev–Trinajstić information content (AvgIpc) is 3.30. The van der Waals surface area contributed by atoms with E-state index >= 15 is 0 Å². The summed E-state index contributed by atoms with van der Waals surface area (Å²) in [5.41, 5.74) is 4.34. The number of imide groups is 1. The smallest absolute Gasteiger partial charge is 0.294 e. The van der Waals surface area contributed by atoms with E-state index in [9.17, 15) is 14.4 Å². The molecule has 4 aromatic rings. The molecule has 0 unspecified atom stereocenters. The third kappa shape index (κ3) is 5.09. The molecule has 5 rings (SSSR count). The number of carbonyl (C=O) groups is 3. The molecule has 3 aromatic carbocycles. The fourth-order valence-electron chi connectivity index (χ4n) is 4.30. The van der Waals surface area contributed by atoms with E-state index in [1.54, 1.807) is 24.3 Å². The summed E-state index contributed by atoms with van der Waals surface area (Å²) in [4.78, 5) is 39.7. The predicted molar refractivity (Wildman–Crippen MR) is 153 cm³/mol. The number of carbonyl (C=O) groups excluding carboxylic acids is 3. The lowest BCUT2D eigenvalue weighted by Crippen LogP contribution is -2.36. The van der Waals surface area contributed by atoms with Gasteiger partial charge in [-0.25, -0.2) is 0 Å². The molecule has 0 bridgehead atoms. The van der Waals surface area contributed by atoms with Gasteiger partial charge in [-0.1, -0.05) is 60.1 Å². The molecule has 9 heteroatoms. The summed E-state index contributed by atoms with van der Waals surface area (Å²) >= 11 is 10.6. The third-order valence-corrected chi connectivity index (χ3v) is 8.13. The van der Waals surface area contributed by atoms with Crippen LogP contribution in [0.5, 0.6) is 0 Å². The molecule has 0 aliphatic carbocycles. The molecule has 37 heavy (non-hydrogen) atoms. The van der Waals surface area contributed by atoms with E-state index in [0.717, 1.165) is 44.4 Å². The minimum Gasteiger partial charge on any atom is -0.340 e. The van der Waals surface area contributed by atoms with Crippen molar-refractivity contribution in [3.63, 3.8) is 0 Å². The minimum absolute atomic E-state index is 0.280. The lowest BCUT2D eigenvalue weighted by molar-refractivity contribution is -0.127. The first-order valence-corrected chi connectivity index (χ1v) is 13.4. The van der Waals surface area contributed by atoms with Crippen LogP contribution in [-0.2, 0) is 16.1 Å². The number of aromatic nitrogens is 1. The van der Waals surface area contributed by atoms with E-state index < -0.39 is 17.1 Å². The molecule has 0 saturated carbocycles. The second kappa shape index (κ2) is 10.6. The summed E-state index contributed by atoms with van der Waals surface area (Å²) in [7, 11) is 0.